The van der Waals surface area contributed by atoms with Crippen molar-refractivity contribution < 1.29 is 17.8 Å². The summed E-state index contributed by atoms with van der Waals surface area (Å²) in [4.78, 5) is 11.0. The molecule has 88 valence electrons. The quantitative estimate of drug-likeness (QED) is 0.690. The molecule has 2 atom stereocenters. The van der Waals surface area contributed by atoms with Crippen LogP contribution in [-0.4, -0.2) is 29.7 Å². The third kappa shape index (κ3) is 2.92. The Kier molecular flexibility index (Phi) is 3.40. The lowest BCUT2D eigenvalue weighted by atomic mass is 9.82. The van der Waals surface area contributed by atoms with Crippen LogP contribution in [0.3, 0.4) is 0 Å². The zero-order valence-corrected chi connectivity index (χ0v) is 9.80. The highest BCUT2D eigenvalue weighted by atomic mass is 32.2. The SMILES string of the molecule is CC(=O)NC1(C)CCCCC1S(=O)(=O)O. The molecule has 0 bridgehead atoms. The third-order valence-electron chi connectivity index (χ3n) is 2.94. The van der Waals surface area contributed by atoms with Crippen LogP contribution in [0.2, 0.25) is 0 Å². The Bertz CT molecular complexity index is 351. The van der Waals surface area contributed by atoms with Crippen molar-refractivity contribution in [2.24, 2.45) is 0 Å². The first-order valence-electron chi connectivity index (χ1n) is 5.01. The summed E-state index contributed by atoms with van der Waals surface area (Å²) in [6, 6.07) is 0. The maximum absolute atomic E-state index is 11.2. The number of rotatable bonds is 2. The van der Waals surface area contributed by atoms with Crippen molar-refractivity contribution >= 4 is 16.0 Å². The molecule has 0 aromatic heterocycles. The number of nitrogens with one attached hydrogen (secondary N) is 1. The number of hydrogen-bond donors (Lipinski definition) is 2. The summed E-state index contributed by atoms with van der Waals surface area (Å²) in [7, 11) is -4.09. The molecule has 2 N–H and O–H groups in total. The van der Waals surface area contributed by atoms with Crippen molar-refractivity contribution in [1.82, 2.24) is 5.32 Å². The van der Waals surface area contributed by atoms with E-state index in [4.69, 9.17) is 4.55 Å². The molecule has 1 aliphatic carbocycles. The zero-order chi connectivity index (χ0) is 11.7. The summed E-state index contributed by atoms with van der Waals surface area (Å²) < 4.78 is 31.5. The van der Waals surface area contributed by atoms with Crippen LogP contribution in [0.15, 0.2) is 0 Å². The first-order valence-corrected chi connectivity index (χ1v) is 6.51. The molecule has 0 aromatic rings. The van der Waals surface area contributed by atoms with E-state index in [1.807, 2.05) is 0 Å². The van der Waals surface area contributed by atoms with Crippen LogP contribution in [0, 0.1) is 0 Å². The van der Waals surface area contributed by atoms with Crippen molar-refractivity contribution in [3.8, 4) is 0 Å². The standard InChI is InChI=1S/C9H17NO4S/c1-7(11)10-9(2)6-4-3-5-8(9)15(12,13)14/h8H,3-6H2,1-2H3,(H,10,11)(H,12,13,14). The molecule has 0 aliphatic heterocycles. The fourth-order valence-electron chi connectivity index (χ4n) is 2.32. The van der Waals surface area contributed by atoms with E-state index in [9.17, 15) is 13.2 Å². The molecule has 0 saturated heterocycles. The largest absolute Gasteiger partial charge is 0.350 e. The minimum Gasteiger partial charge on any atom is -0.350 e. The van der Waals surface area contributed by atoms with Crippen LogP contribution in [0.25, 0.3) is 0 Å². The number of carbonyl (C=O) groups excluding carboxylic acids is 1. The van der Waals surface area contributed by atoms with E-state index < -0.39 is 20.9 Å². The Morgan fingerprint density at radius 3 is 2.53 bits per heavy atom. The monoisotopic (exact) mass is 235 g/mol. The van der Waals surface area contributed by atoms with Gasteiger partial charge in [0.2, 0.25) is 5.91 Å². The summed E-state index contributed by atoms with van der Waals surface area (Å²) in [6.45, 7) is 3.02. The topological polar surface area (TPSA) is 83.5 Å². The summed E-state index contributed by atoms with van der Waals surface area (Å²) in [5, 5.41) is 1.75. The summed E-state index contributed by atoms with van der Waals surface area (Å²) in [6.07, 6.45) is 2.61. The van der Waals surface area contributed by atoms with Gasteiger partial charge < -0.3 is 5.32 Å². The molecule has 6 heteroatoms. The fourth-order valence-corrected chi connectivity index (χ4v) is 3.62. The Morgan fingerprint density at radius 2 is 2.07 bits per heavy atom. The second kappa shape index (κ2) is 4.09. The lowest BCUT2D eigenvalue weighted by Gasteiger charge is -2.39. The van der Waals surface area contributed by atoms with E-state index in [-0.39, 0.29) is 5.91 Å². The lowest BCUT2D eigenvalue weighted by Crippen LogP contribution is -2.58. The van der Waals surface area contributed by atoms with Gasteiger partial charge in [0.15, 0.2) is 0 Å². The lowest BCUT2D eigenvalue weighted by molar-refractivity contribution is -0.121. The molecule has 1 amide bonds. The van der Waals surface area contributed by atoms with Gasteiger partial charge in [-0.3, -0.25) is 9.35 Å². The second-order valence-corrected chi connectivity index (χ2v) is 5.95. The van der Waals surface area contributed by atoms with Crippen molar-refractivity contribution in [3.63, 3.8) is 0 Å². The molecular weight excluding hydrogens is 218 g/mol. The second-order valence-electron chi connectivity index (χ2n) is 4.35. The molecule has 5 nitrogen and oxygen atoms in total. The third-order valence-corrected chi connectivity index (χ3v) is 4.42. The van der Waals surface area contributed by atoms with Crippen molar-refractivity contribution in [1.29, 1.82) is 0 Å². The molecule has 1 aliphatic rings. The molecule has 15 heavy (non-hydrogen) atoms. The highest BCUT2D eigenvalue weighted by Crippen LogP contribution is 2.32. The van der Waals surface area contributed by atoms with Crippen LogP contribution in [0.1, 0.15) is 39.5 Å². The minimum atomic E-state index is -4.09. The van der Waals surface area contributed by atoms with E-state index in [2.05, 4.69) is 5.32 Å². The van der Waals surface area contributed by atoms with Crippen LogP contribution >= 0.6 is 0 Å². The minimum absolute atomic E-state index is 0.270. The van der Waals surface area contributed by atoms with Gasteiger partial charge >= 0.3 is 0 Å². The average Bonchev–Trinajstić information content (AvgIpc) is 1.99. The predicted octanol–water partition coefficient (Wildman–Crippen LogP) is 0.712. The molecule has 1 fully saturated rings. The molecular formula is C9H17NO4S. The van der Waals surface area contributed by atoms with Crippen LogP contribution in [0.4, 0.5) is 0 Å². The van der Waals surface area contributed by atoms with Crippen molar-refractivity contribution in [2.45, 2.75) is 50.3 Å². The Labute approximate surface area is 90.0 Å². The van der Waals surface area contributed by atoms with Gasteiger partial charge in [-0.05, 0) is 19.8 Å². The van der Waals surface area contributed by atoms with E-state index in [0.29, 0.717) is 12.8 Å². The van der Waals surface area contributed by atoms with Gasteiger partial charge in [-0.15, -0.1) is 0 Å². The predicted molar refractivity (Wildman–Crippen MR) is 56.0 cm³/mol. The highest BCUT2D eigenvalue weighted by molar-refractivity contribution is 7.86. The molecule has 0 aromatic carbocycles. The molecule has 2 unspecified atom stereocenters. The van der Waals surface area contributed by atoms with E-state index >= 15 is 0 Å². The van der Waals surface area contributed by atoms with Crippen LogP contribution in [-0.2, 0) is 14.9 Å². The summed E-state index contributed by atoms with van der Waals surface area (Å²) in [5.41, 5.74) is -0.836. The molecule has 1 saturated carbocycles. The number of amides is 1. The Hall–Kier alpha value is -0.620. The first-order chi connectivity index (χ1) is 6.76. The molecule has 0 radical (unpaired) electrons. The van der Waals surface area contributed by atoms with E-state index in [1.54, 1.807) is 6.92 Å². The summed E-state index contributed by atoms with van der Waals surface area (Å²) in [5.74, 6) is -0.270. The summed E-state index contributed by atoms with van der Waals surface area (Å²) >= 11 is 0. The fraction of sp³-hybridized carbons (Fsp3) is 0.889. The molecule has 0 spiro atoms. The normalized spacial score (nSPS) is 32.3. The van der Waals surface area contributed by atoms with E-state index in [0.717, 1.165) is 12.8 Å². The zero-order valence-electron chi connectivity index (χ0n) is 8.99. The maximum Gasteiger partial charge on any atom is 0.270 e. The number of carbonyl (C=O) groups is 1. The van der Waals surface area contributed by atoms with Gasteiger partial charge in [-0.1, -0.05) is 12.8 Å². The van der Waals surface area contributed by atoms with Gasteiger partial charge in [-0.25, -0.2) is 0 Å². The average molecular weight is 235 g/mol. The molecule has 0 heterocycles. The van der Waals surface area contributed by atoms with Gasteiger partial charge in [-0.2, -0.15) is 8.42 Å². The van der Waals surface area contributed by atoms with E-state index in [1.165, 1.54) is 6.92 Å². The number of hydrogen-bond acceptors (Lipinski definition) is 3. The Morgan fingerprint density at radius 1 is 1.47 bits per heavy atom. The Balaban J connectivity index is 2.96. The van der Waals surface area contributed by atoms with Gasteiger partial charge in [0.1, 0.15) is 5.25 Å². The van der Waals surface area contributed by atoms with Gasteiger partial charge in [0.05, 0.1) is 5.54 Å². The highest BCUT2D eigenvalue weighted by Gasteiger charge is 2.44. The van der Waals surface area contributed by atoms with Crippen LogP contribution in [0.5, 0.6) is 0 Å². The first kappa shape index (κ1) is 12.4. The van der Waals surface area contributed by atoms with Crippen molar-refractivity contribution in [3.05, 3.63) is 0 Å². The van der Waals surface area contributed by atoms with Crippen LogP contribution < -0.4 is 5.32 Å². The smallest absolute Gasteiger partial charge is 0.270 e. The van der Waals surface area contributed by atoms with Crippen molar-refractivity contribution in [2.75, 3.05) is 0 Å². The maximum atomic E-state index is 11.2. The molecule has 1 rings (SSSR count). The van der Waals surface area contributed by atoms with Gasteiger partial charge in [0, 0.05) is 6.92 Å². The van der Waals surface area contributed by atoms with Gasteiger partial charge in [0.25, 0.3) is 10.1 Å².